The van der Waals surface area contributed by atoms with Crippen LogP contribution in [0.25, 0.3) is 0 Å². The molecule has 1 amide bonds. The average molecular weight is 229 g/mol. The first-order valence-electron chi connectivity index (χ1n) is 5.44. The highest BCUT2D eigenvalue weighted by atomic mass is 16.5. The molecule has 1 aliphatic heterocycles. The van der Waals surface area contributed by atoms with Gasteiger partial charge in [-0.15, -0.1) is 0 Å². The van der Waals surface area contributed by atoms with E-state index in [4.69, 9.17) is 15.7 Å². The Balaban J connectivity index is 2.64. The number of amides is 1. The Morgan fingerprint density at radius 3 is 3.00 bits per heavy atom. The Morgan fingerprint density at radius 1 is 1.69 bits per heavy atom. The Hall–Kier alpha value is -1.30. The van der Waals surface area contributed by atoms with Gasteiger partial charge in [-0.05, 0) is 20.3 Å². The van der Waals surface area contributed by atoms with Gasteiger partial charge in [-0.3, -0.25) is 4.79 Å². The first-order valence-corrected chi connectivity index (χ1v) is 5.44. The maximum Gasteiger partial charge on any atom is 0.233 e. The lowest BCUT2D eigenvalue weighted by molar-refractivity contribution is -0.133. The second-order valence-corrected chi connectivity index (χ2v) is 4.07. The van der Waals surface area contributed by atoms with Crippen LogP contribution >= 0.6 is 0 Å². The molecule has 0 aromatic carbocycles. The summed E-state index contributed by atoms with van der Waals surface area (Å²) in [5, 5.41) is 11.4. The number of carbonyl (C=O) groups is 1. The fourth-order valence-corrected chi connectivity index (χ4v) is 1.68. The van der Waals surface area contributed by atoms with Crippen molar-refractivity contribution >= 4 is 11.7 Å². The SMILES string of the molecule is CC1CN(C(=O)C(C)C(N)=NO)CCCO1. The number of oxime groups is 1. The van der Waals surface area contributed by atoms with Crippen molar-refractivity contribution in [1.82, 2.24) is 4.90 Å². The normalized spacial score (nSPS) is 25.0. The molecule has 16 heavy (non-hydrogen) atoms. The standard InChI is InChI=1S/C10H19N3O3/c1-7-6-13(4-3-5-16-7)10(14)8(2)9(11)12-15/h7-8,15H,3-6H2,1-2H3,(H2,11,12). The molecular weight excluding hydrogens is 210 g/mol. The quantitative estimate of drug-likeness (QED) is 0.302. The molecule has 1 fully saturated rings. The van der Waals surface area contributed by atoms with Gasteiger partial charge in [0.15, 0.2) is 5.84 Å². The summed E-state index contributed by atoms with van der Waals surface area (Å²) in [5.41, 5.74) is 5.42. The van der Waals surface area contributed by atoms with E-state index in [2.05, 4.69) is 5.16 Å². The maximum atomic E-state index is 12.0. The molecule has 1 rings (SSSR count). The third-order valence-corrected chi connectivity index (χ3v) is 2.69. The van der Waals surface area contributed by atoms with E-state index in [0.29, 0.717) is 19.7 Å². The van der Waals surface area contributed by atoms with E-state index in [-0.39, 0.29) is 17.8 Å². The monoisotopic (exact) mass is 229 g/mol. The molecule has 6 nitrogen and oxygen atoms in total. The lowest BCUT2D eigenvalue weighted by Gasteiger charge is -2.24. The number of rotatable bonds is 2. The number of hydrogen-bond acceptors (Lipinski definition) is 4. The zero-order valence-corrected chi connectivity index (χ0v) is 9.72. The molecule has 0 aliphatic carbocycles. The van der Waals surface area contributed by atoms with Gasteiger partial charge in [0.25, 0.3) is 0 Å². The second kappa shape index (κ2) is 5.69. The number of nitrogens with zero attached hydrogens (tertiary/aromatic N) is 2. The Labute approximate surface area is 95.0 Å². The largest absolute Gasteiger partial charge is 0.409 e. The van der Waals surface area contributed by atoms with E-state index < -0.39 is 5.92 Å². The van der Waals surface area contributed by atoms with Crippen LogP contribution in [0.15, 0.2) is 5.16 Å². The third kappa shape index (κ3) is 3.10. The highest BCUT2D eigenvalue weighted by Crippen LogP contribution is 2.10. The van der Waals surface area contributed by atoms with E-state index in [9.17, 15) is 4.79 Å². The van der Waals surface area contributed by atoms with Crippen LogP contribution in [0.2, 0.25) is 0 Å². The van der Waals surface area contributed by atoms with Crippen LogP contribution in [-0.4, -0.2) is 47.7 Å². The summed E-state index contributed by atoms with van der Waals surface area (Å²) in [6, 6.07) is 0. The molecule has 6 heteroatoms. The predicted molar refractivity (Wildman–Crippen MR) is 59.2 cm³/mol. The number of amidine groups is 1. The summed E-state index contributed by atoms with van der Waals surface area (Å²) in [7, 11) is 0. The summed E-state index contributed by atoms with van der Waals surface area (Å²) in [4.78, 5) is 13.7. The van der Waals surface area contributed by atoms with E-state index in [1.165, 1.54) is 0 Å². The second-order valence-electron chi connectivity index (χ2n) is 4.07. The fourth-order valence-electron chi connectivity index (χ4n) is 1.68. The predicted octanol–water partition coefficient (Wildman–Crippen LogP) is 0.00630. The molecule has 1 saturated heterocycles. The van der Waals surface area contributed by atoms with Crippen molar-refractivity contribution in [3.63, 3.8) is 0 Å². The van der Waals surface area contributed by atoms with Gasteiger partial charge in [-0.1, -0.05) is 5.16 Å². The highest BCUT2D eigenvalue weighted by Gasteiger charge is 2.26. The maximum absolute atomic E-state index is 12.0. The molecule has 2 atom stereocenters. The summed E-state index contributed by atoms with van der Waals surface area (Å²) >= 11 is 0. The summed E-state index contributed by atoms with van der Waals surface area (Å²) in [5.74, 6) is -0.759. The van der Waals surface area contributed by atoms with Crippen LogP contribution in [0.1, 0.15) is 20.3 Å². The van der Waals surface area contributed by atoms with Crippen LogP contribution in [0, 0.1) is 5.92 Å². The Bertz CT molecular complexity index is 280. The smallest absolute Gasteiger partial charge is 0.233 e. The van der Waals surface area contributed by atoms with Crippen LogP contribution in [0.3, 0.4) is 0 Å². The van der Waals surface area contributed by atoms with Gasteiger partial charge in [-0.25, -0.2) is 0 Å². The van der Waals surface area contributed by atoms with Crippen LogP contribution in [0.4, 0.5) is 0 Å². The molecule has 0 bridgehead atoms. The van der Waals surface area contributed by atoms with Crippen molar-refractivity contribution < 1.29 is 14.7 Å². The van der Waals surface area contributed by atoms with Crippen molar-refractivity contribution in [2.24, 2.45) is 16.8 Å². The molecule has 0 aromatic heterocycles. The summed E-state index contributed by atoms with van der Waals surface area (Å²) in [6.07, 6.45) is 0.852. The van der Waals surface area contributed by atoms with Crippen molar-refractivity contribution in [2.75, 3.05) is 19.7 Å². The van der Waals surface area contributed by atoms with Gasteiger partial charge in [0.2, 0.25) is 5.91 Å². The Kier molecular flexibility index (Phi) is 4.54. The van der Waals surface area contributed by atoms with Crippen LogP contribution in [0.5, 0.6) is 0 Å². The van der Waals surface area contributed by atoms with E-state index in [1.54, 1.807) is 11.8 Å². The lowest BCUT2D eigenvalue weighted by atomic mass is 10.1. The molecule has 3 N–H and O–H groups in total. The highest BCUT2D eigenvalue weighted by molar-refractivity contribution is 6.01. The number of hydrogen-bond donors (Lipinski definition) is 2. The van der Waals surface area contributed by atoms with E-state index in [1.807, 2.05) is 6.92 Å². The fraction of sp³-hybridized carbons (Fsp3) is 0.800. The molecule has 0 radical (unpaired) electrons. The van der Waals surface area contributed by atoms with Crippen molar-refractivity contribution in [2.45, 2.75) is 26.4 Å². The van der Waals surface area contributed by atoms with Gasteiger partial charge in [0, 0.05) is 19.7 Å². The zero-order chi connectivity index (χ0) is 12.1. The molecule has 1 heterocycles. The number of carbonyl (C=O) groups excluding carboxylic acids is 1. The van der Waals surface area contributed by atoms with E-state index in [0.717, 1.165) is 6.42 Å². The molecule has 0 aromatic rings. The average Bonchev–Trinajstić information content (AvgIpc) is 2.50. The molecule has 0 saturated carbocycles. The van der Waals surface area contributed by atoms with Crippen molar-refractivity contribution in [1.29, 1.82) is 0 Å². The minimum atomic E-state index is -0.588. The molecule has 2 unspecified atom stereocenters. The molecule has 92 valence electrons. The summed E-state index contributed by atoms with van der Waals surface area (Å²) in [6.45, 7) is 5.45. The topological polar surface area (TPSA) is 88.2 Å². The van der Waals surface area contributed by atoms with Gasteiger partial charge in [0.05, 0.1) is 12.0 Å². The van der Waals surface area contributed by atoms with Crippen LogP contribution in [-0.2, 0) is 9.53 Å². The van der Waals surface area contributed by atoms with Crippen molar-refractivity contribution in [3.8, 4) is 0 Å². The van der Waals surface area contributed by atoms with E-state index >= 15 is 0 Å². The summed E-state index contributed by atoms with van der Waals surface area (Å²) < 4.78 is 5.44. The zero-order valence-electron chi connectivity index (χ0n) is 9.72. The Morgan fingerprint density at radius 2 is 2.38 bits per heavy atom. The van der Waals surface area contributed by atoms with Gasteiger partial charge in [0.1, 0.15) is 0 Å². The number of nitrogens with two attached hydrogens (primary N) is 1. The first-order chi connectivity index (χ1) is 7.56. The van der Waals surface area contributed by atoms with Gasteiger partial charge < -0.3 is 20.6 Å². The molecule has 0 spiro atoms. The van der Waals surface area contributed by atoms with Gasteiger partial charge in [-0.2, -0.15) is 0 Å². The molecule has 1 aliphatic rings. The van der Waals surface area contributed by atoms with Crippen molar-refractivity contribution in [3.05, 3.63) is 0 Å². The number of ether oxygens (including phenoxy) is 1. The minimum absolute atomic E-state index is 0.0333. The van der Waals surface area contributed by atoms with Crippen LogP contribution < -0.4 is 5.73 Å². The minimum Gasteiger partial charge on any atom is -0.409 e. The first kappa shape index (κ1) is 12.8. The van der Waals surface area contributed by atoms with Gasteiger partial charge >= 0.3 is 0 Å². The third-order valence-electron chi connectivity index (χ3n) is 2.69. The lowest BCUT2D eigenvalue weighted by Crippen LogP contribution is -2.43. The molecular formula is C10H19N3O3.